The number of rotatable bonds is 0. The fourth-order valence-electron chi connectivity index (χ4n) is 4.50. The van der Waals surface area contributed by atoms with Crippen LogP contribution in [-0.2, 0) is 4.74 Å². The van der Waals surface area contributed by atoms with E-state index in [4.69, 9.17) is 4.74 Å². The maximum Gasteiger partial charge on any atom is 0.118 e. The van der Waals surface area contributed by atoms with Gasteiger partial charge in [0.25, 0.3) is 0 Å². The summed E-state index contributed by atoms with van der Waals surface area (Å²) in [5, 5.41) is 27.7. The Labute approximate surface area is 144 Å². The lowest BCUT2D eigenvalue weighted by atomic mass is 9.83. The van der Waals surface area contributed by atoms with Crippen molar-refractivity contribution in [2.45, 2.75) is 24.4 Å². The predicted molar refractivity (Wildman–Crippen MR) is 97.5 cm³/mol. The van der Waals surface area contributed by atoms with Crippen molar-refractivity contribution in [3.05, 3.63) is 71.8 Å². The number of fused-ring (bicyclic) bond motifs is 9. The molecule has 25 heavy (non-hydrogen) atoms. The number of hydrogen-bond donors (Lipinski definition) is 2. The molecular formula is C22H16O3. The molecule has 1 aliphatic carbocycles. The first-order valence-corrected chi connectivity index (χ1v) is 8.62. The van der Waals surface area contributed by atoms with Crippen LogP contribution >= 0.6 is 0 Å². The highest BCUT2D eigenvalue weighted by Crippen LogP contribution is 2.53. The van der Waals surface area contributed by atoms with Gasteiger partial charge in [0.15, 0.2) is 0 Å². The summed E-state index contributed by atoms with van der Waals surface area (Å²) in [5.74, 6) is 0. The number of aliphatic hydroxyl groups is 2. The molecule has 0 unspecified atom stereocenters. The molecule has 4 aromatic carbocycles. The summed E-state index contributed by atoms with van der Waals surface area (Å²) in [4.78, 5) is 0. The molecule has 2 N–H and O–H groups in total. The lowest BCUT2D eigenvalue weighted by Gasteiger charge is -2.24. The van der Waals surface area contributed by atoms with Gasteiger partial charge in [0.05, 0.1) is 0 Å². The van der Waals surface area contributed by atoms with E-state index in [2.05, 4.69) is 54.6 Å². The number of aliphatic hydroxyl groups excluding tert-OH is 2. The molecule has 1 saturated heterocycles. The standard InChI is InChI=1S/C22H16O3/c23-19-17-10-8-15-14-6-5-11-3-1-2-4-12(11)13(14)7-9-16(15)18(17)21-22(25-21)20(19)24/h1-10,19-24H/t19-,20+,21+,22-/m1/s1. The molecule has 122 valence electrons. The van der Waals surface area contributed by atoms with Gasteiger partial charge in [0.2, 0.25) is 0 Å². The third-order valence-electron chi connectivity index (χ3n) is 5.79. The van der Waals surface area contributed by atoms with Gasteiger partial charge in [-0.2, -0.15) is 0 Å². The molecule has 0 aromatic heterocycles. The first kappa shape index (κ1) is 13.8. The van der Waals surface area contributed by atoms with Gasteiger partial charge in [-0.15, -0.1) is 0 Å². The van der Waals surface area contributed by atoms with Crippen molar-refractivity contribution in [1.29, 1.82) is 0 Å². The fraction of sp³-hybridized carbons (Fsp3) is 0.182. The van der Waals surface area contributed by atoms with Gasteiger partial charge in [-0.25, -0.2) is 0 Å². The van der Waals surface area contributed by atoms with E-state index in [9.17, 15) is 10.2 Å². The molecule has 4 atom stereocenters. The average molecular weight is 328 g/mol. The third kappa shape index (κ3) is 1.70. The van der Waals surface area contributed by atoms with Gasteiger partial charge in [0.1, 0.15) is 24.4 Å². The summed E-state index contributed by atoms with van der Waals surface area (Å²) in [5.41, 5.74) is 1.83. The maximum atomic E-state index is 10.4. The van der Waals surface area contributed by atoms with E-state index in [1.807, 2.05) is 6.07 Å². The molecule has 2 aliphatic rings. The molecule has 1 fully saturated rings. The highest BCUT2D eigenvalue weighted by molar-refractivity contribution is 6.17. The first-order valence-electron chi connectivity index (χ1n) is 8.62. The Morgan fingerprint density at radius 1 is 0.680 bits per heavy atom. The minimum atomic E-state index is -0.879. The Morgan fingerprint density at radius 3 is 2.28 bits per heavy atom. The summed E-state index contributed by atoms with van der Waals surface area (Å²) in [7, 11) is 0. The van der Waals surface area contributed by atoms with Gasteiger partial charge in [-0.1, -0.05) is 60.7 Å². The van der Waals surface area contributed by atoms with Crippen molar-refractivity contribution in [3.8, 4) is 0 Å². The topological polar surface area (TPSA) is 53.0 Å². The van der Waals surface area contributed by atoms with E-state index in [0.717, 1.165) is 16.5 Å². The SMILES string of the molecule is O[C@@H]1[C@H]2O[C@H]2c2c(ccc3c2ccc2c4ccccc4ccc32)[C@H]1O. The Kier molecular flexibility index (Phi) is 2.53. The number of benzene rings is 4. The van der Waals surface area contributed by atoms with Gasteiger partial charge >= 0.3 is 0 Å². The predicted octanol–water partition coefficient (Wildman–Crippen LogP) is 3.99. The molecule has 6 rings (SSSR count). The van der Waals surface area contributed by atoms with Gasteiger partial charge in [-0.3, -0.25) is 0 Å². The Morgan fingerprint density at radius 2 is 1.36 bits per heavy atom. The summed E-state index contributed by atoms with van der Waals surface area (Å²) >= 11 is 0. The molecule has 0 bridgehead atoms. The van der Waals surface area contributed by atoms with Crippen molar-refractivity contribution in [3.63, 3.8) is 0 Å². The second-order valence-corrected chi connectivity index (χ2v) is 7.07. The van der Waals surface area contributed by atoms with Crippen LogP contribution in [-0.4, -0.2) is 22.4 Å². The molecule has 0 saturated carbocycles. The Hall–Kier alpha value is -2.46. The first-order chi connectivity index (χ1) is 12.2. The minimum absolute atomic E-state index is 0.102. The van der Waals surface area contributed by atoms with Crippen molar-refractivity contribution in [2.24, 2.45) is 0 Å². The fourth-order valence-corrected chi connectivity index (χ4v) is 4.50. The largest absolute Gasteiger partial charge is 0.387 e. The van der Waals surface area contributed by atoms with E-state index in [1.54, 1.807) is 0 Å². The summed E-state index contributed by atoms with van der Waals surface area (Å²) in [6.07, 6.45) is -2.09. The molecule has 3 heteroatoms. The molecule has 0 amide bonds. The highest BCUT2D eigenvalue weighted by atomic mass is 16.6. The molecule has 1 aliphatic heterocycles. The van der Waals surface area contributed by atoms with E-state index >= 15 is 0 Å². The maximum absolute atomic E-state index is 10.4. The summed E-state index contributed by atoms with van der Waals surface area (Å²) in [6, 6.07) is 21.0. The van der Waals surface area contributed by atoms with Crippen LogP contribution in [0.5, 0.6) is 0 Å². The molecular weight excluding hydrogens is 312 g/mol. The van der Waals surface area contributed by atoms with Crippen LogP contribution in [0.1, 0.15) is 23.3 Å². The number of ether oxygens (including phenoxy) is 1. The lowest BCUT2D eigenvalue weighted by Crippen LogP contribution is -2.29. The normalized spacial score (nSPS) is 27.4. The van der Waals surface area contributed by atoms with Crippen LogP contribution in [0.2, 0.25) is 0 Å². The minimum Gasteiger partial charge on any atom is -0.387 e. The van der Waals surface area contributed by atoms with Crippen LogP contribution in [0.15, 0.2) is 60.7 Å². The van der Waals surface area contributed by atoms with Crippen molar-refractivity contribution >= 4 is 32.3 Å². The average Bonchev–Trinajstić information content (AvgIpc) is 3.45. The molecule has 0 radical (unpaired) electrons. The van der Waals surface area contributed by atoms with Crippen LogP contribution < -0.4 is 0 Å². The smallest absolute Gasteiger partial charge is 0.118 e. The zero-order chi connectivity index (χ0) is 16.7. The van der Waals surface area contributed by atoms with Crippen LogP contribution in [0.3, 0.4) is 0 Å². The second-order valence-electron chi connectivity index (χ2n) is 7.07. The highest BCUT2D eigenvalue weighted by Gasteiger charge is 2.54. The van der Waals surface area contributed by atoms with Gasteiger partial charge < -0.3 is 14.9 Å². The molecule has 0 spiro atoms. The molecule has 4 aromatic rings. The lowest BCUT2D eigenvalue weighted by molar-refractivity contribution is 0.000106. The van der Waals surface area contributed by atoms with E-state index < -0.39 is 12.2 Å². The van der Waals surface area contributed by atoms with E-state index in [0.29, 0.717) is 0 Å². The van der Waals surface area contributed by atoms with Gasteiger partial charge in [0, 0.05) is 0 Å². The van der Waals surface area contributed by atoms with Crippen molar-refractivity contribution in [1.82, 2.24) is 0 Å². The Balaban J connectivity index is 1.73. The van der Waals surface area contributed by atoms with Gasteiger partial charge in [-0.05, 0) is 43.4 Å². The quantitative estimate of drug-likeness (QED) is 0.379. The molecule has 1 heterocycles. The number of epoxide rings is 1. The second kappa shape index (κ2) is 4.58. The zero-order valence-corrected chi connectivity index (χ0v) is 13.4. The van der Waals surface area contributed by atoms with E-state index in [-0.39, 0.29) is 12.2 Å². The zero-order valence-electron chi connectivity index (χ0n) is 13.4. The van der Waals surface area contributed by atoms with E-state index in [1.165, 1.54) is 26.9 Å². The summed E-state index contributed by atoms with van der Waals surface area (Å²) in [6.45, 7) is 0. The molecule has 3 nitrogen and oxygen atoms in total. The monoisotopic (exact) mass is 328 g/mol. The van der Waals surface area contributed by atoms with Crippen LogP contribution in [0.4, 0.5) is 0 Å². The third-order valence-corrected chi connectivity index (χ3v) is 5.79. The summed E-state index contributed by atoms with van der Waals surface area (Å²) < 4.78 is 5.67. The van der Waals surface area contributed by atoms with Crippen molar-refractivity contribution in [2.75, 3.05) is 0 Å². The van der Waals surface area contributed by atoms with Crippen LogP contribution in [0, 0.1) is 0 Å². The number of hydrogen-bond acceptors (Lipinski definition) is 3. The van der Waals surface area contributed by atoms with Crippen LogP contribution in [0.25, 0.3) is 32.3 Å². The Bertz CT molecular complexity index is 1180. The van der Waals surface area contributed by atoms with Crippen molar-refractivity contribution < 1.29 is 14.9 Å².